The molecule has 0 aliphatic rings. The van der Waals surface area contributed by atoms with Gasteiger partial charge in [-0.15, -0.1) is 0 Å². The van der Waals surface area contributed by atoms with Gasteiger partial charge >= 0.3 is 0 Å². The highest BCUT2D eigenvalue weighted by molar-refractivity contribution is 5.32. The van der Waals surface area contributed by atoms with Crippen LogP contribution in [-0.2, 0) is 6.42 Å². The topological polar surface area (TPSA) is 20.2 Å². The van der Waals surface area contributed by atoms with Crippen molar-refractivity contribution >= 4 is 0 Å². The number of rotatable bonds is 4. The average molecular weight is 226 g/mol. The van der Waals surface area contributed by atoms with E-state index in [1.54, 1.807) is 0 Å². The van der Waals surface area contributed by atoms with E-state index >= 15 is 0 Å². The van der Waals surface area contributed by atoms with Crippen LogP contribution in [0.4, 0.5) is 0 Å². The molecule has 0 aromatic heterocycles. The fraction of sp³-hybridized carbons (Fsp3) is 0.250. The Kier molecular flexibility index (Phi) is 3.94. The van der Waals surface area contributed by atoms with E-state index in [-0.39, 0.29) is 0 Å². The predicted molar refractivity (Wildman–Crippen MR) is 70.9 cm³/mol. The molecule has 1 unspecified atom stereocenters. The zero-order valence-corrected chi connectivity index (χ0v) is 10.1. The Morgan fingerprint density at radius 2 is 1.65 bits per heavy atom. The van der Waals surface area contributed by atoms with Crippen molar-refractivity contribution in [2.45, 2.75) is 25.9 Å². The number of hydrogen-bond acceptors (Lipinski definition) is 1. The van der Waals surface area contributed by atoms with Crippen LogP contribution < -0.4 is 0 Å². The Bertz CT molecular complexity index is 462. The van der Waals surface area contributed by atoms with Gasteiger partial charge in [-0.2, -0.15) is 0 Å². The second-order valence-electron chi connectivity index (χ2n) is 4.31. The van der Waals surface area contributed by atoms with Gasteiger partial charge in [-0.3, -0.25) is 0 Å². The summed E-state index contributed by atoms with van der Waals surface area (Å²) in [5.41, 5.74) is 3.21. The third-order valence-electron chi connectivity index (χ3n) is 2.92. The SMILES string of the molecule is CCCc1cccc(C(O)c2ccccc2)c1. The van der Waals surface area contributed by atoms with Crippen molar-refractivity contribution < 1.29 is 5.11 Å². The molecule has 2 rings (SSSR count). The van der Waals surface area contributed by atoms with Gasteiger partial charge in [0.2, 0.25) is 0 Å². The second-order valence-corrected chi connectivity index (χ2v) is 4.31. The molecule has 2 aromatic carbocycles. The molecule has 1 atom stereocenters. The van der Waals surface area contributed by atoms with Crippen molar-refractivity contribution in [2.24, 2.45) is 0 Å². The quantitative estimate of drug-likeness (QED) is 0.842. The lowest BCUT2D eigenvalue weighted by Crippen LogP contribution is -2.00. The summed E-state index contributed by atoms with van der Waals surface area (Å²) in [5, 5.41) is 10.3. The van der Waals surface area contributed by atoms with E-state index in [0.29, 0.717) is 0 Å². The number of aliphatic hydroxyl groups is 1. The van der Waals surface area contributed by atoms with Crippen molar-refractivity contribution in [3.8, 4) is 0 Å². The van der Waals surface area contributed by atoms with E-state index < -0.39 is 6.10 Å². The van der Waals surface area contributed by atoms with Gasteiger partial charge in [0, 0.05) is 0 Å². The third kappa shape index (κ3) is 2.95. The lowest BCUT2D eigenvalue weighted by Gasteiger charge is -2.12. The van der Waals surface area contributed by atoms with Gasteiger partial charge in [0.15, 0.2) is 0 Å². The monoisotopic (exact) mass is 226 g/mol. The highest BCUT2D eigenvalue weighted by Gasteiger charge is 2.09. The summed E-state index contributed by atoms with van der Waals surface area (Å²) in [6, 6.07) is 18.0. The molecule has 0 bridgehead atoms. The van der Waals surface area contributed by atoms with E-state index in [9.17, 15) is 5.11 Å². The van der Waals surface area contributed by atoms with Crippen LogP contribution in [0, 0.1) is 0 Å². The average Bonchev–Trinajstić information content (AvgIpc) is 2.40. The first kappa shape index (κ1) is 11.9. The van der Waals surface area contributed by atoms with Crippen LogP contribution in [0.25, 0.3) is 0 Å². The zero-order chi connectivity index (χ0) is 12.1. The lowest BCUT2D eigenvalue weighted by atomic mass is 9.98. The summed E-state index contributed by atoms with van der Waals surface area (Å²) in [6.07, 6.45) is 1.67. The van der Waals surface area contributed by atoms with Crippen molar-refractivity contribution in [3.05, 3.63) is 71.3 Å². The fourth-order valence-electron chi connectivity index (χ4n) is 2.04. The fourth-order valence-corrected chi connectivity index (χ4v) is 2.04. The number of aryl methyl sites for hydroxylation is 1. The number of aliphatic hydroxyl groups excluding tert-OH is 1. The molecule has 1 N–H and O–H groups in total. The minimum Gasteiger partial charge on any atom is -0.384 e. The maximum absolute atomic E-state index is 10.3. The maximum Gasteiger partial charge on any atom is 0.104 e. The molecule has 88 valence electrons. The molecule has 17 heavy (non-hydrogen) atoms. The van der Waals surface area contributed by atoms with Gasteiger partial charge in [-0.05, 0) is 23.1 Å². The first-order chi connectivity index (χ1) is 8.31. The summed E-state index contributed by atoms with van der Waals surface area (Å²) >= 11 is 0. The Balaban J connectivity index is 2.25. The Morgan fingerprint density at radius 3 is 2.35 bits per heavy atom. The Hall–Kier alpha value is -1.60. The molecule has 0 radical (unpaired) electrons. The summed E-state index contributed by atoms with van der Waals surface area (Å²) in [7, 11) is 0. The largest absolute Gasteiger partial charge is 0.384 e. The normalized spacial score (nSPS) is 12.4. The van der Waals surface area contributed by atoms with Gasteiger partial charge in [0.1, 0.15) is 6.10 Å². The van der Waals surface area contributed by atoms with E-state index in [1.807, 2.05) is 42.5 Å². The van der Waals surface area contributed by atoms with E-state index in [4.69, 9.17) is 0 Å². The van der Waals surface area contributed by atoms with Crippen molar-refractivity contribution in [3.63, 3.8) is 0 Å². The lowest BCUT2D eigenvalue weighted by molar-refractivity contribution is 0.220. The van der Waals surface area contributed by atoms with Gasteiger partial charge < -0.3 is 5.11 Å². The molecule has 0 amide bonds. The van der Waals surface area contributed by atoms with Gasteiger partial charge in [0.25, 0.3) is 0 Å². The van der Waals surface area contributed by atoms with Crippen LogP contribution >= 0.6 is 0 Å². The first-order valence-electron chi connectivity index (χ1n) is 6.13. The van der Waals surface area contributed by atoms with Crippen LogP contribution in [0.15, 0.2) is 54.6 Å². The standard InChI is InChI=1S/C16H18O/c1-2-7-13-8-6-11-15(12-13)16(17)14-9-4-3-5-10-14/h3-6,8-12,16-17H,2,7H2,1H3. The Morgan fingerprint density at radius 1 is 0.941 bits per heavy atom. The van der Waals surface area contributed by atoms with Crippen LogP contribution in [-0.4, -0.2) is 5.11 Å². The van der Waals surface area contributed by atoms with Crippen LogP contribution in [0.1, 0.15) is 36.1 Å². The summed E-state index contributed by atoms with van der Waals surface area (Å²) in [5.74, 6) is 0. The summed E-state index contributed by atoms with van der Waals surface area (Å²) in [4.78, 5) is 0. The van der Waals surface area contributed by atoms with Crippen molar-refractivity contribution in [1.82, 2.24) is 0 Å². The molecular formula is C16H18O. The minimum atomic E-state index is -0.520. The predicted octanol–water partition coefficient (Wildman–Crippen LogP) is 3.72. The maximum atomic E-state index is 10.3. The van der Waals surface area contributed by atoms with E-state index in [1.165, 1.54) is 5.56 Å². The molecule has 0 saturated carbocycles. The molecule has 1 heteroatoms. The van der Waals surface area contributed by atoms with Gasteiger partial charge in [-0.1, -0.05) is 67.9 Å². The van der Waals surface area contributed by atoms with Crippen molar-refractivity contribution in [2.75, 3.05) is 0 Å². The van der Waals surface area contributed by atoms with Gasteiger partial charge in [0.05, 0.1) is 0 Å². The van der Waals surface area contributed by atoms with Crippen LogP contribution in [0.5, 0.6) is 0 Å². The molecular weight excluding hydrogens is 208 g/mol. The number of benzene rings is 2. The summed E-state index contributed by atoms with van der Waals surface area (Å²) in [6.45, 7) is 2.17. The molecule has 0 fully saturated rings. The zero-order valence-electron chi connectivity index (χ0n) is 10.1. The molecule has 1 nitrogen and oxygen atoms in total. The molecule has 0 aliphatic heterocycles. The van der Waals surface area contributed by atoms with Crippen LogP contribution in [0.3, 0.4) is 0 Å². The third-order valence-corrected chi connectivity index (χ3v) is 2.92. The summed E-state index contributed by atoms with van der Waals surface area (Å²) < 4.78 is 0. The van der Waals surface area contributed by atoms with E-state index in [2.05, 4.69) is 19.1 Å². The molecule has 0 saturated heterocycles. The van der Waals surface area contributed by atoms with Crippen LogP contribution in [0.2, 0.25) is 0 Å². The molecule has 0 heterocycles. The van der Waals surface area contributed by atoms with E-state index in [0.717, 1.165) is 24.0 Å². The number of hydrogen-bond donors (Lipinski definition) is 1. The molecule has 0 aliphatic carbocycles. The highest BCUT2D eigenvalue weighted by Crippen LogP contribution is 2.22. The highest BCUT2D eigenvalue weighted by atomic mass is 16.3. The minimum absolute atomic E-state index is 0.520. The second kappa shape index (κ2) is 5.65. The van der Waals surface area contributed by atoms with Gasteiger partial charge in [-0.25, -0.2) is 0 Å². The smallest absolute Gasteiger partial charge is 0.104 e. The molecule has 2 aromatic rings. The molecule has 0 spiro atoms. The first-order valence-corrected chi connectivity index (χ1v) is 6.13. The Labute approximate surface area is 103 Å². The van der Waals surface area contributed by atoms with Crippen molar-refractivity contribution in [1.29, 1.82) is 0 Å².